The molecule has 0 bridgehead atoms. The van der Waals surface area contributed by atoms with Crippen LogP contribution in [-0.2, 0) is 6.42 Å². The van der Waals surface area contributed by atoms with E-state index in [0.29, 0.717) is 22.1 Å². The molecule has 0 unspecified atom stereocenters. The Kier molecular flexibility index (Phi) is 4.56. The van der Waals surface area contributed by atoms with Crippen LogP contribution in [0.3, 0.4) is 0 Å². The molecule has 3 aliphatic rings. The van der Waals surface area contributed by atoms with Crippen molar-refractivity contribution in [1.82, 2.24) is 4.90 Å². The number of ketones is 1. The van der Waals surface area contributed by atoms with Crippen molar-refractivity contribution >= 4 is 17.4 Å². The van der Waals surface area contributed by atoms with Crippen molar-refractivity contribution in [3.63, 3.8) is 0 Å². The minimum Gasteiger partial charge on any atom is -0.454 e. The van der Waals surface area contributed by atoms with Crippen LogP contribution >= 0.6 is 11.6 Å². The molecule has 4 rings (SSSR count). The van der Waals surface area contributed by atoms with E-state index >= 15 is 0 Å². The number of benzene rings is 1. The van der Waals surface area contributed by atoms with Gasteiger partial charge in [-0.2, -0.15) is 0 Å². The Morgan fingerprint density at radius 3 is 3.00 bits per heavy atom. The average molecular weight is 338 g/mol. The van der Waals surface area contributed by atoms with E-state index in [1.165, 1.54) is 0 Å². The van der Waals surface area contributed by atoms with E-state index in [0.717, 1.165) is 44.3 Å². The van der Waals surface area contributed by atoms with E-state index in [-0.39, 0.29) is 32.0 Å². The fraction of sp³-hybridized carbons (Fsp3) is 0.611. The summed E-state index contributed by atoms with van der Waals surface area (Å²) in [5, 5.41) is 0.632. The summed E-state index contributed by atoms with van der Waals surface area (Å²) in [6, 6.07) is 2.08. The molecule has 0 N–H and O–H groups in total. The maximum absolute atomic E-state index is 13.1. The van der Waals surface area contributed by atoms with E-state index in [1.807, 2.05) is 0 Å². The lowest BCUT2D eigenvalue weighted by atomic mass is 9.74. The molecule has 1 saturated heterocycles. The number of likely N-dealkylation sites (tertiary alicyclic amines) is 1. The third-order valence-electron chi connectivity index (χ3n) is 5.12. The molecule has 0 saturated carbocycles. The number of Topliss-reactive ketones (excluding diaryl/α,β-unsaturated/α-hetero) is 1. The van der Waals surface area contributed by atoms with Crippen molar-refractivity contribution in [2.75, 3.05) is 19.9 Å². The zero-order valence-electron chi connectivity index (χ0n) is 12.7. The molecular weight excluding hydrogens is 314 g/mol. The third-order valence-corrected chi connectivity index (χ3v) is 5.45. The zero-order chi connectivity index (χ0) is 15.3. The van der Waals surface area contributed by atoms with Crippen LogP contribution in [0.4, 0.5) is 0 Å². The third kappa shape index (κ3) is 2.52. The largest absolute Gasteiger partial charge is 0.454 e. The summed E-state index contributed by atoms with van der Waals surface area (Å²) in [7, 11) is 0. The van der Waals surface area contributed by atoms with Gasteiger partial charge in [0.15, 0.2) is 17.3 Å². The number of halogens is 1. The Balaban J connectivity index is 0.00000156. The second-order valence-electron chi connectivity index (χ2n) is 6.37. The molecule has 1 fully saturated rings. The van der Waals surface area contributed by atoms with Crippen molar-refractivity contribution in [2.45, 2.75) is 46.1 Å². The van der Waals surface area contributed by atoms with E-state index < -0.39 is 0 Å². The van der Waals surface area contributed by atoms with Crippen LogP contribution in [0.5, 0.6) is 11.5 Å². The highest BCUT2D eigenvalue weighted by Gasteiger charge is 2.44. The Bertz CT molecular complexity index is 629. The molecule has 0 spiro atoms. The number of hydrogen-bond donors (Lipinski definition) is 0. The molecular formula is C18H24ClNO3. The monoisotopic (exact) mass is 337 g/mol. The number of fused-ring (bicyclic) bond motifs is 4. The Hall–Kier alpha value is -1.26. The van der Waals surface area contributed by atoms with Gasteiger partial charge < -0.3 is 9.47 Å². The van der Waals surface area contributed by atoms with Crippen LogP contribution in [0.1, 0.15) is 49.5 Å². The summed E-state index contributed by atoms with van der Waals surface area (Å²) in [6.07, 6.45) is 3.99. The standard InChI is InChI=1S/C17H20ClNO3.CH4/c1-2-5-19-6-3-4-10-13(19)7-11-12(18)8-14-17(22-9-21-14)15(11)16(10)20;/h8,10,13H,2-7,9H2,1H3;1H4/t10-,13+;/m0./s1. The summed E-state index contributed by atoms with van der Waals surface area (Å²) in [4.78, 5) is 15.6. The normalized spacial score (nSPS) is 25.6. The zero-order valence-corrected chi connectivity index (χ0v) is 13.5. The quantitative estimate of drug-likeness (QED) is 0.819. The van der Waals surface area contributed by atoms with Gasteiger partial charge in [0.2, 0.25) is 6.79 Å². The number of rotatable bonds is 2. The molecule has 0 radical (unpaired) electrons. The van der Waals surface area contributed by atoms with Gasteiger partial charge in [0.05, 0.1) is 5.56 Å². The van der Waals surface area contributed by atoms with Crippen molar-refractivity contribution in [3.05, 3.63) is 22.2 Å². The highest BCUT2D eigenvalue weighted by Crippen LogP contribution is 2.47. The fourth-order valence-electron chi connectivity index (χ4n) is 4.17. The van der Waals surface area contributed by atoms with Crippen LogP contribution < -0.4 is 9.47 Å². The van der Waals surface area contributed by atoms with Crippen molar-refractivity contribution in [3.8, 4) is 11.5 Å². The molecule has 1 aliphatic carbocycles. The summed E-state index contributed by atoms with van der Waals surface area (Å²) < 4.78 is 11.0. The van der Waals surface area contributed by atoms with Gasteiger partial charge in [-0.3, -0.25) is 9.69 Å². The Morgan fingerprint density at radius 1 is 1.39 bits per heavy atom. The summed E-state index contributed by atoms with van der Waals surface area (Å²) in [5.74, 6) is 1.48. The summed E-state index contributed by atoms with van der Waals surface area (Å²) >= 11 is 6.44. The predicted octanol–water partition coefficient (Wildman–Crippen LogP) is 3.93. The topological polar surface area (TPSA) is 38.8 Å². The highest BCUT2D eigenvalue weighted by atomic mass is 35.5. The van der Waals surface area contributed by atoms with E-state index in [1.54, 1.807) is 6.07 Å². The lowest BCUT2D eigenvalue weighted by molar-refractivity contribution is 0.0583. The summed E-state index contributed by atoms with van der Waals surface area (Å²) in [5.41, 5.74) is 1.62. The fourth-order valence-corrected chi connectivity index (χ4v) is 4.44. The SMILES string of the molecule is C.CCCN1CCC[C@@H]2C(=O)c3c(c(Cl)cc4c3OCO4)C[C@H]21. The number of carbonyl (C=O) groups excluding carboxylic acids is 1. The highest BCUT2D eigenvalue weighted by molar-refractivity contribution is 6.32. The minimum absolute atomic E-state index is 0. The molecule has 1 aromatic rings. The smallest absolute Gasteiger partial charge is 0.231 e. The van der Waals surface area contributed by atoms with Gasteiger partial charge in [-0.25, -0.2) is 0 Å². The number of carbonyl (C=O) groups is 1. The lowest BCUT2D eigenvalue weighted by Crippen LogP contribution is -2.51. The average Bonchev–Trinajstić information content (AvgIpc) is 2.96. The van der Waals surface area contributed by atoms with E-state index in [4.69, 9.17) is 21.1 Å². The van der Waals surface area contributed by atoms with Gasteiger partial charge in [0.1, 0.15) is 0 Å². The Labute approximate surface area is 142 Å². The molecule has 23 heavy (non-hydrogen) atoms. The molecule has 2 heterocycles. The van der Waals surface area contributed by atoms with Gasteiger partial charge >= 0.3 is 0 Å². The van der Waals surface area contributed by atoms with Crippen LogP contribution in [-0.4, -0.2) is 36.6 Å². The van der Waals surface area contributed by atoms with E-state index in [2.05, 4.69) is 11.8 Å². The van der Waals surface area contributed by atoms with Crippen LogP contribution in [0, 0.1) is 5.92 Å². The van der Waals surface area contributed by atoms with Crippen LogP contribution in [0.2, 0.25) is 5.02 Å². The first-order chi connectivity index (χ1) is 10.7. The number of hydrogen-bond acceptors (Lipinski definition) is 4. The number of ether oxygens (including phenoxy) is 2. The molecule has 4 nitrogen and oxygen atoms in total. The molecule has 5 heteroatoms. The number of nitrogens with zero attached hydrogens (tertiary/aromatic N) is 1. The van der Waals surface area contributed by atoms with E-state index in [9.17, 15) is 4.79 Å². The van der Waals surface area contributed by atoms with Gasteiger partial charge in [0.25, 0.3) is 0 Å². The maximum atomic E-state index is 13.1. The Morgan fingerprint density at radius 2 is 2.22 bits per heavy atom. The number of piperidine rings is 1. The molecule has 0 amide bonds. The van der Waals surface area contributed by atoms with Crippen LogP contribution in [0.15, 0.2) is 6.07 Å². The minimum atomic E-state index is 0. The first-order valence-electron chi connectivity index (χ1n) is 8.10. The van der Waals surface area contributed by atoms with Crippen molar-refractivity contribution < 1.29 is 14.3 Å². The van der Waals surface area contributed by atoms with Gasteiger partial charge in [-0.15, -0.1) is 0 Å². The predicted molar refractivity (Wildman–Crippen MR) is 90.7 cm³/mol. The van der Waals surface area contributed by atoms with Gasteiger partial charge in [-0.05, 0) is 44.3 Å². The molecule has 2 aliphatic heterocycles. The summed E-state index contributed by atoms with van der Waals surface area (Å²) in [6.45, 7) is 4.49. The van der Waals surface area contributed by atoms with Crippen LogP contribution in [0.25, 0.3) is 0 Å². The van der Waals surface area contributed by atoms with Gasteiger partial charge in [0, 0.05) is 23.0 Å². The molecule has 2 atom stereocenters. The van der Waals surface area contributed by atoms with Crippen molar-refractivity contribution in [2.24, 2.45) is 5.92 Å². The van der Waals surface area contributed by atoms with Crippen molar-refractivity contribution in [1.29, 1.82) is 0 Å². The molecule has 0 aromatic heterocycles. The second kappa shape index (κ2) is 6.33. The maximum Gasteiger partial charge on any atom is 0.231 e. The second-order valence-corrected chi connectivity index (χ2v) is 6.77. The molecule has 1 aromatic carbocycles. The first kappa shape index (κ1) is 16.6. The first-order valence-corrected chi connectivity index (χ1v) is 8.47. The molecule has 126 valence electrons. The lowest BCUT2D eigenvalue weighted by Gasteiger charge is -2.43. The van der Waals surface area contributed by atoms with Gasteiger partial charge in [-0.1, -0.05) is 26.0 Å².